The molecule has 0 atom stereocenters. The van der Waals surface area contributed by atoms with E-state index in [0.717, 1.165) is 98.2 Å². The van der Waals surface area contributed by atoms with E-state index in [2.05, 4.69) is 60.7 Å². The van der Waals surface area contributed by atoms with Crippen LogP contribution in [0, 0.1) is 18.3 Å². The van der Waals surface area contributed by atoms with Gasteiger partial charge in [0, 0.05) is 65.5 Å². The quantitative estimate of drug-likeness (QED) is 0.464. The first-order chi connectivity index (χ1) is 17.9. The number of nitrogens with one attached hydrogen (secondary N) is 1. The Hall–Kier alpha value is -3.14. The Bertz CT molecular complexity index is 1340. The van der Waals surface area contributed by atoms with Crippen molar-refractivity contribution in [3.63, 3.8) is 0 Å². The number of nitrogens with zero attached hydrogens (tertiary/aromatic N) is 3. The van der Waals surface area contributed by atoms with Crippen LogP contribution >= 0.6 is 0 Å². The summed E-state index contributed by atoms with van der Waals surface area (Å²) in [7, 11) is 0. The molecule has 194 valence electrons. The lowest BCUT2D eigenvalue weighted by Gasteiger charge is -2.41. The molecule has 5 rings (SSSR count). The van der Waals surface area contributed by atoms with Crippen LogP contribution in [0.1, 0.15) is 71.9 Å². The molecule has 2 aromatic carbocycles. The van der Waals surface area contributed by atoms with E-state index < -0.39 is 5.41 Å². The van der Waals surface area contributed by atoms with Crippen molar-refractivity contribution in [2.75, 3.05) is 44.3 Å². The molecule has 0 saturated carbocycles. The fourth-order valence-electron chi connectivity index (χ4n) is 6.45. The summed E-state index contributed by atoms with van der Waals surface area (Å²) in [6.07, 6.45) is 4.21. The lowest BCUT2D eigenvalue weighted by molar-refractivity contribution is 0.0115. The maximum Gasteiger partial charge on any atom is 0.150 e. The van der Waals surface area contributed by atoms with Crippen LogP contribution in [0.2, 0.25) is 0 Å². The number of aromatic amines is 1. The molecule has 2 aliphatic rings. The van der Waals surface area contributed by atoms with Gasteiger partial charge in [-0.2, -0.15) is 5.26 Å². The van der Waals surface area contributed by atoms with Gasteiger partial charge in [0.05, 0.1) is 24.8 Å². The van der Waals surface area contributed by atoms with Crippen LogP contribution in [0.4, 0.5) is 5.69 Å². The molecule has 0 unspecified atom stereocenters. The summed E-state index contributed by atoms with van der Waals surface area (Å²) in [4.78, 5) is 21.1. The number of aryl methyl sites for hydroxylation is 2. The molecule has 2 aliphatic heterocycles. The summed E-state index contributed by atoms with van der Waals surface area (Å²) in [5.41, 5.74) is 7.72. The molecule has 6 nitrogen and oxygen atoms in total. The average Bonchev–Trinajstić information content (AvgIpc) is 3.29. The van der Waals surface area contributed by atoms with Gasteiger partial charge in [-0.1, -0.05) is 26.8 Å². The number of morpholine rings is 1. The summed E-state index contributed by atoms with van der Waals surface area (Å²) in [5.74, 6) is 0. The van der Waals surface area contributed by atoms with E-state index in [-0.39, 0.29) is 0 Å². The van der Waals surface area contributed by atoms with Crippen LogP contribution in [0.3, 0.4) is 0 Å². The van der Waals surface area contributed by atoms with Crippen molar-refractivity contribution in [3.05, 3.63) is 63.8 Å². The van der Waals surface area contributed by atoms with Crippen LogP contribution in [0.15, 0.2) is 30.3 Å². The Balaban J connectivity index is 1.50. The van der Waals surface area contributed by atoms with Gasteiger partial charge in [0.25, 0.3) is 0 Å². The van der Waals surface area contributed by atoms with Crippen LogP contribution in [-0.2, 0) is 16.6 Å². The second kappa shape index (κ2) is 10.3. The minimum atomic E-state index is -0.417. The van der Waals surface area contributed by atoms with E-state index in [1.54, 1.807) is 0 Å². The lowest BCUT2D eigenvalue weighted by Crippen LogP contribution is -2.49. The van der Waals surface area contributed by atoms with Gasteiger partial charge in [-0.05, 0) is 67.1 Å². The van der Waals surface area contributed by atoms with E-state index in [9.17, 15) is 10.1 Å². The second-order valence-corrected chi connectivity index (χ2v) is 11.0. The number of hydrogen-bond donors (Lipinski definition) is 1. The number of benzene rings is 2. The monoisotopic (exact) mass is 498 g/mol. The molecule has 0 bridgehead atoms. The predicted molar refractivity (Wildman–Crippen MR) is 149 cm³/mol. The van der Waals surface area contributed by atoms with Gasteiger partial charge in [-0.15, -0.1) is 0 Å². The van der Waals surface area contributed by atoms with Gasteiger partial charge in [0.1, 0.15) is 6.29 Å². The summed E-state index contributed by atoms with van der Waals surface area (Å²) in [5, 5.41) is 10.5. The molecule has 6 heteroatoms. The van der Waals surface area contributed by atoms with Gasteiger partial charge in [0.2, 0.25) is 0 Å². The third-order valence-electron chi connectivity index (χ3n) is 8.61. The highest BCUT2D eigenvalue weighted by Gasteiger charge is 2.33. The Morgan fingerprint density at radius 1 is 1.14 bits per heavy atom. The maximum atomic E-state index is 12.3. The molecule has 3 aromatic rings. The van der Waals surface area contributed by atoms with Crippen molar-refractivity contribution in [1.29, 1.82) is 5.26 Å². The van der Waals surface area contributed by atoms with Gasteiger partial charge in [-0.25, -0.2) is 0 Å². The van der Waals surface area contributed by atoms with Gasteiger partial charge >= 0.3 is 0 Å². The molecule has 0 spiro atoms. The number of anilines is 1. The molecule has 1 N–H and O–H groups in total. The lowest BCUT2D eigenvalue weighted by atomic mass is 9.76. The fraction of sp³-hybridized carbons (Fsp3) is 0.484. The minimum absolute atomic E-state index is 0.417. The van der Waals surface area contributed by atoms with Crippen molar-refractivity contribution in [3.8, 4) is 6.07 Å². The first-order valence-electron chi connectivity index (χ1n) is 13.6. The Kier molecular flexibility index (Phi) is 7.11. The molecular formula is C31H38N4O2. The van der Waals surface area contributed by atoms with Crippen molar-refractivity contribution in [2.45, 2.75) is 58.4 Å². The van der Waals surface area contributed by atoms with Crippen molar-refractivity contribution in [1.82, 2.24) is 9.88 Å². The van der Waals surface area contributed by atoms with Gasteiger partial charge in [0.15, 0.2) is 0 Å². The Morgan fingerprint density at radius 2 is 1.86 bits per heavy atom. The van der Waals surface area contributed by atoms with E-state index >= 15 is 0 Å². The highest BCUT2D eigenvalue weighted by molar-refractivity contribution is 5.87. The highest BCUT2D eigenvalue weighted by atomic mass is 16.5. The molecule has 3 heterocycles. The van der Waals surface area contributed by atoms with Crippen molar-refractivity contribution in [2.24, 2.45) is 0 Å². The number of carbonyl (C=O) groups is 1. The smallest absolute Gasteiger partial charge is 0.150 e. The van der Waals surface area contributed by atoms with Crippen LogP contribution in [0.5, 0.6) is 0 Å². The molecule has 0 amide bonds. The number of carbonyl (C=O) groups excluding carboxylic acids is 1. The molecule has 0 aliphatic carbocycles. The number of aromatic nitrogens is 1. The number of aldehydes is 1. The van der Waals surface area contributed by atoms with E-state index in [0.29, 0.717) is 11.6 Å². The molecule has 0 radical (unpaired) electrons. The van der Waals surface area contributed by atoms with Crippen LogP contribution < -0.4 is 4.90 Å². The third-order valence-corrected chi connectivity index (χ3v) is 8.61. The average molecular weight is 499 g/mol. The first kappa shape index (κ1) is 25.5. The zero-order valence-electron chi connectivity index (χ0n) is 22.6. The number of hydrogen-bond acceptors (Lipinski definition) is 5. The molecule has 1 aromatic heterocycles. The van der Waals surface area contributed by atoms with Gasteiger partial charge in [-0.3, -0.25) is 9.69 Å². The largest absolute Gasteiger partial charge is 0.379 e. The van der Waals surface area contributed by atoms with Gasteiger partial charge < -0.3 is 14.6 Å². The summed E-state index contributed by atoms with van der Waals surface area (Å²) >= 11 is 0. The topological polar surface area (TPSA) is 72.4 Å². The third kappa shape index (κ3) is 4.67. The minimum Gasteiger partial charge on any atom is -0.379 e. The molecule has 2 saturated heterocycles. The Morgan fingerprint density at radius 3 is 2.51 bits per heavy atom. The normalized spacial score (nSPS) is 17.8. The SMILES string of the molecule is CCc1cc(C=O)c(C(C)(C)c2[nH]c3cc(C#N)ccc3c2C)cc1N1CCC(N2CCOCC2)CC1. The zero-order valence-corrected chi connectivity index (χ0v) is 22.6. The van der Waals surface area contributed by atoms with Crippen molar-refractivity contribution >= 4 is 22.9 Å². The Labute approximate surface area is 220 Å². The summed E-state index contributed by atoms with van der Waals surface area (Å²) < 4.78 is 5.56. The van der Waals surface area contributed by atoms with E-state index in [1.807, 2.05) is 18.2 Å². The second-order valence-electron chi connectivity index (χ2n) is 11.0. The van der Waals surface area contributed by atoms with Crippen LogP contribution in [0.25, 0.3) is 10.9 Å². The number of ether oxygens (including phenoxy) is 1. The number of piperidine rings is 1. The molecule has 37 heavy (non-hydrogen) atoms. The zero-order chi connectivity index (χ0) is 26.2. The number of H-pyrrole nitrogens is 1. The number of fused-ring (bicyclic) bond motifs is 1. The molecule has 2 fully saturated rings. The molecular weight excluding hydrogens is 460 g/mol. The first-order valence-corrected chi connectivity index (χ1v) is 13.6. The van der Waals surface area contributed by atoms with E-state index in [1.165, 1.54) is 11.3 Å². The van der Waals surface area contributed by atoms with Crippen molar-refractivity contribution < 1.29 is 9.53 Å². The maximum absolute atomic E-state index is 12.3. The summed E-state index contributed by atoms with van der Waals surface area (Å²) in [6, 6.07) is 13.0. The number of nitriles is 1. The highest BCUT2D eigenvalue weighted by Crippen LogP contribution is 2.40. The van der Waals surface area contributed by atoms with Crippen LogP contribution in [-0.4, -0.2) is 61.6 Å². The standard InChI is InChI=1S/C31H38N4O2/c1-5-23-17-24(20-36)27(18-29(23)35-10-8-25(9-11-35)34-12-14-37-15-13-34)31(3,4)30-21(2)26-7-6-22(19-32)16-28(26)33-30/h6-7,16-18,20,25,33H,5,8-15H2,1-4H3. The number of rotatable bonds is 6. The fourth-order valence-corrected chi connectivity index (χ4v) is 6.45. The predicted octanol–water partition coefficient (Wildman–Crippen LogP) is 5.35. The van der Waals surface area contributed by atoms with E-state index in [4.69, 9.17) is 4.74 Å². The summed E-state index contributed by atoms with van der Waals surface area (Å²) in [6.45, 7) is 14.5.